The van der Waals surface area contributed by atoms with Gasteiger partial charge < -0.3 is 5.11 Å². The van der Waals surface area contributed by atoms with Gasteiger partial charge in [0.25, 0.3) is 5.69 Å². The van der Waals surface area contributed by atoms with Gasteiger partial charge in [0.2, 0.25) is 0 Å². The third-order valence-corrected chi connectivity index (χ3v) is 2.32. The quantitative estimate of drug-likeness (QED) is 0.513. The summed E-state index contributed by atoms with van der Waals surface area (Å²) in [6.45, 7) is -2.35. The molecule has 0 amide bonds. The van der Waals surface area contributed by atoms with E-state index in [1.807, 2.05) is 0 Å². The summed E-state index contributed by atoms with van der Waals surface area (Å²) >= 11 is 0. The number of aromatic hydroxyl groups is 1. The van der Waals surface area contributed by atoms with Crippen molar-refractivity contribution >= 4 is 17.1 Å². The van der Waals surface area contributed by atoms with Gasteiger partial charge in [0.05, 0.1) is 4.92 Å². The summed E-state index contributed by atoms with van der Waals surface area (Å²) < 4.78 is 22.0. The highest BCUT2D eigenvalue weighted by Gasteiger charge is 2.11. The number of para-hydroxylation sites is 1. The SMILES string of the molecule is [2H]C([2H])([2H])c1ccc(O)c(N=Nc2ccccc2[N+](=O)[O-])c1. The minimum Gasteiger partial charge on any atom is -0.506 e. The first-order valence-corrected chi connectivity index (χ1v) is 5.27. The van der Waals surface area contributed by atoms with Crippen LogP contribution in [-0.2, 0) is 0 Å². The lowest BCUT2D eigenvalue weighted by Crippen LogP contribution is -1.87. The number of nitro groups is 1. The lowest BCUT2D eigenvalue weighted by Gasteiger charge is -1.99. The van der Waals surface area contributed by atoms with Crippen molar-refractivity contribution in [3.63, 3.8) is 0 Å². The second-order valence-electron chi connectivity index (χ2n) is 3.65. The van der Waals surface area contributed by atoms with E-state index in [0.29, 0.717) is 0 Å². The topological polar surface area (TPSA) is 88.1 Å². The minimum atomic E-state index is -2.35. The molecule has 6 nitrogen and oxygen atoms in total. The monoisotopic (exact) mass is 260 g/mol. The smallest absolute Gasteiger partial charge is 0.296 e. The van der Waals surface area contributed by atoms with Gasteiger partial charge in [-0.3, -0.25) is 10.1 Å². The molecule has 0 atom stereocenters. The Bertz CT molecular complexity index is 745. The fourth-order valence-electron chi connectivity index (χ4n) is 1.41. The van der Waals surface area contributed by atoms with Gasteiger partial charge in [-0.25, -0.2) is 0 Å². The van der Waals surface area contributed by atoms with E-state index >= 15 is 0 Å². The van der Waals surface area contributed by atoms with Crippen LogP contribution in [0.25, 0.3) is 0 Å². The molecule has 0 fully saturated rings. The summed E-state index contributed by atoms with van der Waals surface area (Å²) in [5, 5.41) is 28.0. The Morgan fingerprint density at radius 3 is 2.68 bits per heavy atom. The first kappa shape index (κ1) is 9.21. The molecule has 0 aliphatic carbocycles. The van der Waals surface area contributed by atoms with E-state index < -0.39 is 11.8 Å². The number of nitro benzene ring substituents is 1. The number of phenols is 1. The van der Waals surface area contributed by atoms with Crippen LogP contribution in [0.15, 0.2) is 52.7 Å². The summed E-state index contributed by atoms with van der Waals surface area (Å²) in [5.41, 5.74) is -0.322. The van der Waals surface area contributed by atoms with Gasteiger partial charge in [0.15, 0.2) is 5.69 Å². The van der Waals surface area contributed by atoms with E-state index in [1.165, 1.54) is 36.4 Å². The third kappa shape index (κ3) is 2.92. The molecule has 1 N–H and O–H groups in total. The molecule has 0 spiro atoms. The van der Waals surface area contributed by atoms with Crippen LogP contribution in [0.5, 0.6) is 5.75 Å². The number of phenolic OH excluding ortho intramolecular Hbond substituents is 1. The molecule has 2 aromatic carbocycles. The molecule has 2 rings (SSSR count). The van der Waals surface area contributed by atoms with Gasteiger partial charge in [0, 0.05) is 10.2 Å². The maximum absolute atomic E-state index is 10.9. The number of aryl methyl sites for hydroxylation is 1. The lowest BCUT2D eigenvalue weighted by atomic mass is 10.2. The summed E-state index contributed by atoms with van der Waals surface area (Å²) in [6.07, 6.45) is 0. The average Bonchev–Trinajstić information content (AvgIpc) is 2.45. The van der Waals surface area contributed by atoms with E-state index in [-0.39, 0.29) is 28.4 Å². The van der Waals surface area contributed by atoms with Gasteiger partial charge in [-0.1, -0.05) is 18.2 Å². The number of benzene rings is 2. The van der Waals surface area contributed by atoms with Crippen molar-refractivity contribution < 1.29 is 14.1 Å². The van der Waals surface area contributed by atoms with Crippen LogP contribution in [0, 0.1) is 17.0 Å². The number of hydrogen-bond donors (Lipinski definition) is 1. The predicted octanol–water partition coefficient (Wildman–Crippen LogP) is 4.02. The first-order valence-electron chi connectivity index (χ1n) is 6.77. The second-order valence-corrected chi connectivity index (χ2v) is 3.65. The zero-order valence-electron chi connectivity index (χ0n) is 12.6. The largest absolute Gasteiger partial charge is 0.506 e. The Kier molecular flexibility index (Phi) is 2.55. The van der Waals surface area contributed by atoms with Gasteiger partial charge in [-0.15, -0.1) is 10.2 Å². The summed E-state index contributed by atoms with van der Waals surface area (Å²) in [7, 11) is 0. The molecule has 6 heteroatoms. The number of rotatable bonds is 3. The molecule has 0 saturated heterocycles. The lowest BCUT2D eigenvalue weighted by molar-refractivity contribution is -0.384. The molecule has 0 aliphatic heterocycles. The van der Waals surface area contributed by atoms with Gasteiger partial charge in [-0.2, -0.15) is 0 Å². The Morgan fingerprint density at radius 1 is 1.21 bits per heavy atom. The average molecular weight is 260 g/mol. The van der Waals surface area contributed by atoms with E-state index in [2.05, 4.69) is 10.2 Å². The molecule has 0 aromatic heterocycles. The summed E-state index contributed by atoms with van der Waals surface area (Å²) in [6, 6.07) is 9.33. The molecular formula is C13H11N3O3. The van der Waals surface area contributed by atoms with Crippen molar-refractivity contribution in [3.05, 3.63) is 58.1 Å². The van der Waals surface area contributed by atoms with Gasteiger partial charge in [-0.05, 0) is 30.6 Å². The maximum atomic E-state index is 10.9. The molecule has 0 bridgehead atoms. The third-order valence-electron chi connectivity index (χ3n) is 2.32. The van der Waals surface area contributed by atoms with Crippen LogP contribution in [0.2, 0.25) is 0 Å². The fraction of sp³-hybridized carbons (Fsp3) is 0.0769. The molecule has 0 heterocycles. The van der Waals surface area contributed by atoms with Crippen molar-refractivity contribution in [1.29, 1.82) is 0 Å². The van der Waals surface area contributed by atoms with Crippen molar-refractivity contribution in [1.82, 2.24) is 0 Å². The van der Waals surface area contributed by atoms with E-state index in [1.54, 1.807) is 6.07 Å². The maximum Gasteiger partial charge on any atom is 0.296 e. The first-order chi connectivity index (χ1) is 10.3. The van der Waals surface area contributed by atoms with Crippen molar-refractivity contribution in [2.45, 2.75) is 6.85 Å². The summed E-state index contributed by atoms with van der Waals surface area (Å²) in [5.74, 6) is -0.268. The Hall–Kier alpha value is -2.76. The fourth-order valence-corrected chi connectivity index (χ4v) is 1.41. The van der Waals surface area contributed by atoms with E-state index in [0.717, 1.165) is 0 Å². The van der Waals surface area contributed by atoms with Crippen LogP contribution in [0.4, 0.5) is 17.1 Å². The number of nitrogens with zero attached hydrogens (tertiary/aromatic N) is 3. The number of hydrogen-bond acceptors (Lipinski definition) is 5. The summed E-state index contributed by atoms with van der Waals surface area (Å²) in [4.78, 5) is 10.3. The highest BCUT2D eigenvalue weighted by atomic mass is 16.6. The molecular weight excluding hydrogens is 246 g/mol. The van der Waals surface area contributed by atoms with Crippen LogP contribution in [0.3, 0.4) is 0 Å². The van der Waals surface area contributed by atoms with Crippen LogP contribution in [-0.4, -0.2) is 10.0 Å². The molecule has 0 saturated carbocycles. The highest BCUT2D eigenvalue weighted by Crippen LogP contribution is 2.31. The zero-order valence-corrected chi connectivity index (χ0v) is 9.65. The van der Waals surface area contributed by atoms with Gasteiger partial charge >= 0.3 is 0 Å². The molecule has 0 unspecified atom stereocenters. The van der Waals surface area contributed by atoms with Crippen molar-refractivity contribution in [3.8, 4) is 5.75 Å². The second kappa shape index (κ2) is 5.26. The minimum absolute atomic E-state index is 0.00573. The molecule has 2 aromatic rings. The normalized spacial score (nSPS) is 13.8. The van der Waals surface area contributed by atoms with E-state index in [9.17, 15) is 15.2 Å². The number of azo groups is 1. The predicted molar refractivity (Wildman–Crippen MR) is 70.1 cm³/mol. The van der Waals surface area contributed by atoms with E-state index in [4.69, 9.17) is 4.11 Å². The Morgan fingerprint density at radius 2 is 1.95 bits per heavy atom. The van der Waals surface area contributed by atoms with Crippen molar-refractivity contribution in [2.75, 3.05) is 0 Å². The Labute approximate surface area is 113 Å². The standard InChI is InChI=1S/C13H11N3O3/c1-9-6-7-13(17)11(8-9)15-14-10-4-2-3-5-12(10)16(18)19/h2-8,17H,1H3/i1D3. The van der Waals surface area contributed by atoms with Crippen molar-refractivity contribution in [2.24, 2.45) is 10.2 Å². The highest BCUT2D eigenvalue weighted by molar-refractivity contribution is 5.58. The molecule has 0 radical (unpaired) electrons. The van der Waals surface area contributed by atoms with Crippen LogP contribution < -0.4 is 0 Å². The van der Waals surface area contributed by atoms with Crippen LogP contribution in [0.1, 0.15) is 9.68 Å². The van der Waals surface area contributed by atoms with Gasteiger partial charge in [0.1, 0.15) is 11.4 Å². The molecule has 0 aliphatic rings. The molecule has 19 heavy (non-hydrogen) atoms. The Balaban J connectivity index is 2.41. The molecule has 96 valence electrons. The zero-order chi connectivity index (χ0) is 16.3. The van der Waals surface area contributed by atoms with Crippen LogP contribution >= 0.6 is 0 Å².